The predicted molar refractivity (Wildman–Crippen MR) is 55.4 cm³/mol. The largest absolute Gasteiger partial charge is 0.207 e. The minimum absolute atomic E-state index is 0.156. The fraction of sp³-hybridized carbons (Fsp3) is 0.0769. The Labute approximate surface area is 83.0 Å². The molecule has 0 atom stereocenters. The zero-order valence-electron chi connectivity index (χ0n) is 7.92. The highest BCUT2D eigenvalue weighted by atomic mass is 19.1. The molecular formula is C13H10F. The van der Waals surface area contributed by atoms with Crippen LogP contribution in [-0.4, -0.2) is 0 Å². The number of hydrogen-bond donors (Lipinski definition) is 0. The quantitative estimate of drug-likeness (QED) is 0.636. The summed E-state index contributed by atoms with van der Waals surface area (Å²) in [4.78, 5) is 0. The van der Waals surface area contributed by atoms with Crippen molar-refractivity contribution < 1.29 is 4.39 Å². The summed E-state index contributed by atoms with van der Waals surface area (Å²) in [7, 11) is 0. The third kappa shape index (κ3) is 1.67. The van der Waals surface area contributed by atoms with E-state index >= 15 is 0 Å². The molecule has 0 spiro atoms. The van der Waals surface area contributed by atoms with Crippen LogP contribution in [0.1, 0.15) is 5.56 Å². The Morgan fingerprint density at radius 2 is 1.71 bits per heavy atom. The minimum Gasteiger partial charge on any atom is -0.207 e. The summed E-state index contributed by atoms with van der Waals surface area (Å²) < 4.78 is 13.0. The molecule has 2 rings (SSSR count). The number of hydrogen-bond acceptors (Lipinski definition) is 0. The van der Waals surface area contributed by atoms with E-state index in [4.69, 9.17) is 0 Å². The van der Waals surface area contributed by atoms with E-state index in [1.807, 2.05) is 30.3 Å². The second-order valence-electron chi connectivity index (χ2n) is 3.25. The van der Waals surface area contributed by atoms with Crippen LogP contribution in [0.4, 0.5) is 4.39 Å². The Balaban J connectivity index is 2.48. The van der Waals surface area contributed by atoms with Gasteiger partial charge >= 0.3 is 0 Å². The maximum atomic E-state index is 13.0. The van der Waals surface area contributed by atoms with Crippen LogP contribution in [0.15, 0.2) is 42.5 Å². The lowest BCUT2D eigenvalue weighted by Crippen LogP contribution is -1.83. The van der Waals surface area contributed by atoms with E-state index in [1.54, 1.807) is 13.0 Å². The van der Waals surface area contributed by atoms with Crippen LogP contribution in [0.5, 0.6) is 0 Å². The van der Waals surface area contributed by atoms with Crippen LogP contribution in [-0.2, 0) is 0 Å². The van der Waals surface area contributed by atoms with Gasteiger partial charge in [0.25, 0.3) is 0 Å². The SMILES string of the molecule is Cc1cc(-c2cc[c]cc2)ccc1F. The van der Waals surface area contributed by atoms with E-state index in [0.29, 0.717) is 5.56 Å². The van der Waals surface area contributed by atoms with Gasteiger partial charge in [-0.25, -0.2) is 4.39 Å². The highest BCUT2D eigenvalue weighted by Crippen LogP contribution is 2.20. The van der Waals surface area contributed by atoms with Crippen molar-refractivity contribution in [1.29, 1.82) is 0 Å². The maximum absolute atomic E-state index is 13.0. The van der Waals surface area contributed by atoms with Crippen molar-refractivity contribution in [3.8, 4) is 11.1 Å². The van der Waals surface area contributed by atoms with Crippen molar-refractivity contribution in [2.24, 2.45) is 0 Å². The zero-order chi connectivity index (χ0) is 9.97. The molecule has 2 aromatic carbocycles. The molecule has 0 saturated heterocycles. The lowest BCUT2D eigenvalue weighted by molar-refractivity contribution is 0.619. The van der Waals surface area contributed by atoms with Gasteiger partial charge in [0, 0.05) is 0 Å². The van der Waals surface area contributed by atoms with Gasteiger partial charge in [0.2, 0.25) is 0 Å². The smallest absolute Gasteiger partial charge is 0.126 e. The van der Waals surface area contributed by atoms with Crippen LogP contribution in [0.25, 0.3) is 11.1 Å². The summed E-state index contributed by atoms with van der Waals surface area (Å²) in [6.07, 6.45) is 0. The molecular weight excluding hydrogens is 175 g/mol. The minimum atomic E-state index is -0.156. The van der Waals surface area contributed by atoms with Crippen molar-refractivity contribution in [2.75, 3.05) is 0 Å². The Kier molecular flexibility index (Phi) is 2.32. The fourth-order valence-electron chi connectivity index (χ4n) is 1.40. The molecule has 0 saturated carbocycles. The first kappa shape index (κ1) is 8.95. The molecule has 0 aliphatic carbocycles. The molecule has 0 nitrogen and oxygen atoms in total. The highest BCUT2D eigenvalue weighted by molar-refractivity contribution is 5.63. The lowest BCUT2D eigenvalue weighted by Gasteiger charge is -2.02. The van der Waals surface area contributed by atoms with Crippen LogP contribution < -0.4 is 0 Å². The summed E-state index contributed by atoms with van der Waals surface area (Å²) >= 11 is 0. The Morgan fingerprint density at radius 1 is 1.00 bits per heavy atom. The van der Waals surface area contributed by atoms with E-state index in [0.717, 1.165) is 11.1 Å². The number of rotatable bonds is 1. The van der Waals surface area contributed by atoms with Gasteiger partial charge in [-0.3, -0.25) is 0 Å². The summed E-state index contributed by atoms with van der Waals surface area (Å²) in [5.41, 5.74) is 2.81. The zero-order valence-corrected chi connectivity index (χ0v) is 7.92. The standard InChI is InChI=1S/C13H10F/c1-10-9-12(7-8-13(10)14)11-5-3-2-4-6-11/h3-9H,1H3. The molecule has 0 aromatic heterocycles. The second-order valence-corrected chi connectivity index (χ2v) is 3.25. The fourth-order valence-corrected chi connectivity index (χ4v) is 1.40. The summed E-state index contributed by atoms with van der Waals surface area (Å²) in [5, 5.41) is 0. The molecule has 1 radical (unpaired) electrons. The summed E-state index contributed by atoms with van der Waals surface area (Å²) in [6.45, 7) is 1.77. The molecule has 0 bridgehead atoms. The van der Waals surface area contributed by atoms with Crippen molar-refractivity contribution >= 4 is 0 Å². The predicted octanol–water partition coefficient (Wildman–Crippen LogP) is 3.60. The Morgan fingerprint density at radius 3 is 2.36 bits per heavy atom. The Bertz CT molecular complexity index is 432. The van der Waals surface area contributed by atoms with Gasteiger partial charge < -0.3 is 0 Å². The van der Waals surface area contributed by atoms with Gasteiger partial charge in [-0.2, -0.15) is 0 Å². The van der Waals surface area contributed by atoms with Crippen LogP contribution in [0.2, 0.25) is 0 Å². The van der Waals surface area contributed by atoms with E-state index in [9.17, 15) is 4.39 Å². The monoisotopic (exact) mass is 185 g/mol. The van der Waals surface area contributed by atoms with Crippen molar-refractivity contribution in [3.05, 3.63) is 59.9 Å². The van der Waals surface area contributed by atoms with Gasteiger partial charge in [-0.1, -0.05) is 30.3 Å². The lowest BCUT2D eigenvalue weighted by atomic mass is 10.0. The topological polar surface area (TPSA) is 0 Å². The third-order valence-electron chi connectivity index (χ3n) is 2.21. The molecule has 0 unspecified atom stereocenters. The summed E-state index contributed by atoms with van der Waals surface area (Å²) in [6, 6.07) is 15.7. The number of halogens is 1. The molecule has 69 valence electrons. The number of aryl methyl sites for hydroxylation is 1. The molecule has 0 amide bonds. The van der Waals surface area contributed by atoms with E-state index in [-0.39, 0.29) is 5.82 Å². The molecule has 1 heteroatoms. The van der Waals surface area contributed by atoms with E-state index in [1.165, 1.54) is 6.07 Å². The van der Waals surface area contributed by atoms with Crippen molar-refractivity contribution in [3.63, 3.8) is 0 Å². The van der Waals surface area contributed by atoms with Crippen molar-refractivity contribution in [2.45, 2.75) is 6.92 Å². The van der Waals surface area contributed by atoms with Gasteiger partial charge in [-0.05, 0) is 41.8 Å². The van der Waals surface area contributed by atoms with Crippen LogP contribution in [0.3, 0.4) is 0 Å². The van der Waals surface area contributed by atoms with Gasteiger partial charge in [-0.15, -0.1) is 0 Å². The average Bonchev–Trinajstić information content (AvgIpc) is 2.23. The Hall–Kier alpha value is -1.63. The first-order chi connectivity index (χ1) is 6.77. The van der Waals surface area contributed by atoms with E-state index in [2.05, 4.69) is 6.07 Å². The molecule has 0 N–H and O–H groups in total. The normalized spacial score (nSPS) is 10.1. The van der Waals surface area contributed by atoms with Crippen LogP contribution in [0, 0.1) is 18.8 Å². The van der Waals surface area contributed by atoms with Gasteiger partial charge in [0.1, 0.15) is 5.82 Å². The molecule has 0 aliphatic heterocycles. The molecule has 0 aliphatic rings. The first-order valence-corrected chi connectivity index (χ1v) is 4.50. The number of benzene rings is 2. The molecule has 2 aromatic rings. The van der Waals surface area contributed by atoms with Crippen LogP contribution >= 0.6 is 0 Å². The first-order valence-electron chi connectivity index (χ1n) is 4.50. The maximum Gasteiger partial charge on any atom is 0.126 e. The third-order valence-corrected chi connectivity index (χ3v) is 2.21. The van der Waals surface area contributed by atoms with Gasteiger partial charge in [0.05, 0.1) is 0 Å². The summed E-state index contributed by atoms with van der Waals surface area (Å²) in [5.74, 6) is -0.156. The molecule has 0 heterocycles. The van der Waals surface area contributed by atoms with E-state index < -0.39 is 0 Å². The molecule has 14 heavy (non-hydrogen) atoms. The average molecular weight is 185 g/mol. The highest BCUT2D eigenvalue weighted by Gasteiger charge is 2.00. The van der Waals surface area contributed by atoms with Crippen molar-refractivity contribution in [1.82, 2.24) is 0 Å². The molecule has 0 fully saturated rings. The van der Waals surface area contributed by atoms with Gasteiger partial charge in [0.15, 0.2) is 0 Å². The second kappa shape index (κ2) is 3.62.